The van der Waals surface area contributed by atoms with E-state index >= 15 is 0 Å². The first-order chi connectivity index (χ1) is 14.0. The van der Waals surface area contributed by atoms with Crippen molar-refractivity contribution in [3.8, 4) is 5.88 Å². The summed E-state index contributed by atoms with van der Waals surface area (Å²) in [6, 6.07) is 9.46. The second kappa shape index (κ2) is 9.33. The Morgan fingerprint density at radius 3 is 2.72 bits per heavy atom. The number of carbonyl (C=O) groups excluding carboxylic acids is 2. The van der Waals surface area contributed by atoms with E-state index in [0.29, 0.717) is 23.7 Å². The third kappa shape index (κ3) is 5.20. The van der Waals surface area contributed by atoms with Crippen LogP contribution >= 0.6 is 11.6 Å². The van der Waals surface area contributed by atoms with Crippen LogP contribution in [0.25, 0.3) is 5.65 Å². The number of pyridine rings is 1. The summed E-state index contributed by atoms with van der Waals surface area (Å²) in [5.74, 6) is -0.504. The third-order valence-corrected chi connectivity index (χ3v) is 4.28. The van der Waals surface area contributed by atoms with E-state index in [-0.39, 0.29) is 42.2 Å². The fourth-order valence-corrected chi connectivity index (χ4v) is 2.81. The normalized spacial score (nSPS) is 10.7. The van der Waals surface area contributed by atoms with Crippen LogP contribution < -0.4 is 15.4 Å². The summed E-state index contributed by atoms with van der Waals surface area (Å²) in [5.41, 5.74) is 1.19. The number of fused-ring (bicyclic) bond motifs is 1. The SMILES string of the molecule is CCOc1cccc2nnc(NC(=O)CCC(=O)NCc3ccc(F)c(Cl)c3)n12. The van der Waals surface area contributed by atoms with Crippen molar-refractivity contribution in [1.82, 2.24) is 19.9 Å². The fourth-order valence-electron chi connectivity index (χ4n) is 2.61. The maximum atomic E-state index is 13.1. The fraction of sp³-hybridized carbons (Fsp3) is 0.263. The highest BCUT2D eigenvalue weighted by Crippen LogP contribution is 2.19. The molecule has 0 unspecified atom stereocenters. The number of nitrogens with one attached hydrogen (secondary N) is 2. The molecule has 29 heavy (non-hydrogen) atoms. The molecule has 2 N–H and O–H groups in total. The topological polar surface area (TPSA) is 97.6 Å². The van der Waals surface area contributed by atoms with Gasteiger partial charge in [0.2, 0.25) is 23.6 Å². The van der Waals surface area contributed by atoms with Crippen LogP contribution in [0.15, 0.2) is 36.4 Å². The average Bonchev–Trinajstić information content (AvgIpc) is 3.11. The number of hydrogen-bond acceptors (Lipinski definition) is 5. The van der Waals surface area contributed by atoms with Crippen LogP contribution in [0.1, 0.15) is 25.3 Å². The van der Waals surface area contributed by atoms with Gasteiger partial charge in [0.1, 0.15) is 5.82 Å². The molecule has 0 bridgehead atoms. The van der Waals surface area contributed by atoms with Gasteiger partial charge in [-0.3, -0.25) is 14.9 Å². The molecule has 0 aliphatic rings. The van der Waals surface area contributed by atoms with Gasteiger partial charge in [-0.2, -0.15) is 0 Å². The molecule has 0 spiro atoms. The Hall–Kier alpha value is -3.20. The molecular formula is C19H19ClFN5O3. The standard InChI is InChI=1S/C19H19ClFN5O3/c1-2-29-18-5-3-4-15-24-25-19(26(15)18)23-17(28)9-8-16(27)22-11-12-6-7-14(21)13(20)10-12/h3-7,10H,2,8-9,11H2,1H3,(H,22,27)(H,23,25,28). The summed E-state index contributed by atoms with van der Waals surface area (Å²) >= 11 is 5.71. The van der Waals surface area contributed by atoms with E-state index in [1.54, 1.807) is 22.6 Å². The van der Waals surface area contributed by atoms with E-state index in [1.165, 1.54) is 18.2 Å². The van der Waals surface area contributed by atoms with Gasteiger partial charge in [0, 0.05) is 19.4 Å². The lowest BCUT2D eigenvalue weighted by atomic mass is 10.2. The van der Waals surface area contributed by atoms with Gasteiger partial charge in [-0.15, -0.1) is 10.2 Å². The van der Waals surface area contributed by atoms with E-state index in [4.69, 9.17) is 16.3 Å². The second-order valence-electron chi connectivity index (χ2n) is 6.09. The first-order valence-corrected chi connectivity index (χ1v) is 9.33. The first kappa shape index (κ1) is 20.5. The Morgan fingerprint density at radius 2 is 1.97 bits per heavy atom. The molecule has 1 aromatic carbocycles. The van der Waals surface area contributed by atoms with Gasteiger partial charge in [-0.25, -0.2) is 8.79 Å². The molecule has 0 saturated heterocycles. The minimum atomic E-state index is -0.521. The van der Waals surface area contributed by atoms with Crippen LogP contribution in [0.5, 0.6) is 5.88 Å². The highest BCUT2D eigenvalue weighted by molar-refractivity contribution is 6.30. The van der Waals surface area contributed by atoms with Gasteiger partial charge in [0.05, 0.1) is 11.6 Å². The maximum absolute atomic E-state index is 13.1. The lowest BCUT2D eigenvalue weighted by Gasteiger charge is -2.09. The van der Waals surface area contributed by atoms with E-state index < -0.39 is 5.82 Å². The summed E-state index contributed by atoms with van der Waals surface area (Å²) in [6.45, 7) is 2.48. The summed E-state index contributed by atoms with van der Waals surface area (Å²) in [5, 5.41) is 13.2. The average molecular weight is 420 g/mol. The molecule has 0 atom stereocenters. The van der Waals surface area contributed by atoms with Gasteiger partial charge < -0.3 is 10.1 Å². The molecule has 8 nitrogen and oxygen atoms in total. The second-order valence-corrected chi connectivity index (χ2v) is 6.49. The number of nitrogens with zero attached hydrogens (tertiary/aromatic N) is 3. The zero-order valence-corrected chi connectivity index (χ0v) is 16.4. The predicted molar refractivity (Wildman–Crippen MR) is 105 cm³/mol. The number of halogens is 2. The van der Waals surface area contributed by atoms with Crippen LogP contribution in [-0.4, -0.2) is 33.0 Å². The van der Waals surface area contributed by atoms with Crippen molar-refractivity contribution in [3.63, 3.8) is 0 Å². The van der Waals surface area contributed by atoms with E-state index in [2.05, 4.69) is 20.8 Å². The number of hydrogen-bond donors (Lipinski definition) is 2. The number of anilines is 1. The van der Waals surface area contributed by atoms with Crippen molar-refractivity contribution in [2.24, 2.45) is 0 Å². The lowest BCUT2D eigenvalue weighted by molar-refractivity contribution is -0.124. The maximum Gasteiger partial charge on any atom is 0.238 e. The Balaban J connectivity index is 1.52. The quantitative estimate of drug-likeness (QED) is 0.585. The van der Waals surface area contributed by atoms with Crippen molar-refractivity contribution in [2.75, 3.05) is 11.9 Å². The monoisotopic (exact) mass is 419 g/mol. The predicted octanol–water partition coefficient (Wildman–Crippen LogP) is 2.96. The smallest absolute Gasteiger partial charge is 0.238 e. The molecular weight excluding hydrogens is 401 g/mol. The van der Waals surface area contributed by atoms with Crippen LogP contribution in [0.4, 0.5) is 10.3 Å². The van der Waals surface area contributed by atoms with Gasteiger partial charge in [-0.1, -0.05) is 23.7 Å². The molecule has 0 saturated carbocycles. The van der Waals surface area contributed by atoms with Crippen molar-refractivity contribution in [3.05, 3.63) is 52.8 Å². The number of rotatable bonds is 8. The molecule has 3 aromatic rings. The molecule has 0 aliphatic heterocycles. The largest absolute Gasteiger partial charge is 0.479 e. The Morgan fingerprint density at radius 1 is 1.17 bits per heavy atom. The van der Waals surface area contributed by atoms with Crippen molar-refractivity contribution >= 4 is 35.0 Å². The summed E-state index contributed by atoms with van der Waals surface area (Å²) in [7, 11) is 0. The molecule has 2 amide bonds. The number of benzene rings is 1. The first-order valence-electron chi connectivity index (χ1n) is 8.95. The number of carbonyl (C=O) groups is 2. The number of amides is 2. The molecule has 0 aliphatic carbocycles. The Bertz CT molecular complexity index is 1040. The Kier molecular flexibility index (Phi) is 6.61. The van der Waals surface area contributed by atoms with Crippen LogP contribution in [-0.2, 0) is 16.1 Å². The minimum Gasteiger partial charge on any atom is -0.479 e. The van der Waals surface area contributed by atoms with Crippen molar-refractivity contribution in [1.29, 1.82) is 0 Å². The lowest BCUT2D eigenvalue weighted by Crippen LogP contribution is -2.24. The molecule has 0 fully saturated rings. The Labute approximate surface area is 171 Å². The third-order valence-electron chi connectivity index (χ3n) is 3.99. The summed E-state index contributed by atoms with van der Waals surface area (Å²) in [4.78, 5) is 24.2. The molecule has 2 aromatic heterocycles. The van der Waals surface area contributed by atoms with Crippen LogP contribution in [0.2, 0.25) is 5.02 Å². The highest BCUT2D eigenvalue weighted by atomic mass is 35.5. The van der Waals surface area contributed by atoms with Gasteiger partial charge >= 0.3 is 0 Å². The summed E-state index contributed by atoms with van der Waals surface area (Å²) < 4.78 is 20.3. The highest BCUT2D eigenvalue weighted by Gasteiger charge is 2.14. The zero-order chi connectivity index (χ0) is 20.8. The van der Waals surface area contributed by atoms with Gasteiger partial charge in [0.15, 0.2) is 5.65 Å². The van der Waals surface area contributed by atoms with Gasteiger partial charge in [0.25, 0.3) is 0 Å². The molecule has 0 radical (unpaired) electrons. The van der Waals surface area contributed by atoms with Gasteiger partial charge in [-0.05, 0) is 36.8 Å². The molecule has 152 valence electrons. The molecule has 3 rings (SSSR count). The van der Waals surface area contributed by atoms with Crippen molar-refractivity contribution < 1.29 is 18.7 Å². The number of ether oxygens (including phenoxy) is 1. The minimum absolute atomic E-state index is 0.0110. The zero-order valence-electron chi connectivity index (χ0n) is 15.6. The molecule has 10 heteroatoms. The van der Waals surface area contributed by atoms with E-state index in [0.717, 1.165) is 0 Å². The van der Waals surface area contributed by atoms with Crippen LogP contribution in [0, 0.1) is 5.82 Å². The van der Waals surface area contributed by atoms with E-state index in [9.17, 15) is 14.0 Å². The summed E-state index contributed by atoms with van der Waals surface area (Å²) in [6.07, 6.45) is -0.0580. The number of aromatic nitrogens is 3. The molecule has 2 heterocycles. The van der Waals surface area contributed by atoms with Crippen LogP contribution in [0.3, 0.4) is 0 Å². The van der Waals surface area contributed by atoms with Crippen molar-refractivity contribution in [2.45, 2.75) is 26.3 Å². The van der Waals surface area contributed by atoms with E-state index in [1.807, 2.05) is 6.92 Å².